The monoisotopic (exact) mass is 327 g/mol. The standard InChI is InChI=1S/C15H25N3O3S/c1-12(2)11-16-15(19)13-5-7-14(8-6-13)22(20,21)17-9-10-18(3)4/h5-8,12,17H,9-11H2,1-4H3,(H,16,19). The molecule has 22 heavy (non-hydrogen) atoms. The fourth-order valence-electron chi connectivity index (χ4n) is 1.67. The van der Waals surface area contributed by atoms with Crippen LogP contribution in [0.3, 0.4) is 0 Å². The second kappa shape index (κ2) is 8.26. The number of nitrogens with zero attached hydrogens (tertiary/aromatic N) is 1. The number of likely N-dealkylation sites (N-methyl/N-ethyl adjacent to an activating group) is 1. The van der Waals surface area contributed by atoms with Crippen LogP contribution >= 0.6 is 0 Å². The molecule has 0 aliphatic heterocycles. The summed E-state index contributed by atoms with van der Waals surface area (Å²) in [4.78, 5) is 13.9. The lowest BCUT2D eigenvalue weighted by Gasteiger charge is -2.11. The van der Waals surface area contributed by atoms with Gasteiger partial charge in [-0.05, 0) is 44.3 Å². The van der Waals surface area contributed by atoms with Crippen molar-refractivity contribution in [1.82, 2.24) is 14.9 Å². The number of nitrogens with one attached hydrogen (secondary N) is 2. The Morgan fingerprint density at radius 2 is 1.77 bits per heavy atom. The Kier molecular flexibility index (Phi) is 6.99. The van der Waals surface area contributed by atoms with Crippen molar-refractivity contribution in [1.29, 1.82) is 0 Å². The predicted octanol–water partition coefficient (Wildman–Crippen LogP) is 0.912. The minimum Gasteiger partial charge on any atom is -0.352 e. The lowest BCUT2D eigenvalue weighted by atomic mass is 10.2. The zero-order chi connectivity index (χ0) is 16.8. The Hall–Kier alpha value is -1.44. The van der Waals surface area contributed by atoms with Crippen molar-refractivity contribution in [2.75, 3.05) is 33.7 Å². The summed E-state index contributed by atoms with van der Waals surface area (Å²) in [6, 6.07) is 5.94. The highest BCUT2D eigenvalue weighted by molar-refractivity contribution is 7.89. The van der Waals surface area contributed by atoms with E-state index in [1.54, 1.807) is 0 Å². The molecular weight excluding hydrogens is 302 g/mol. The van der Waals surface area contributed by atoms with Crippen LogP contribution in [0.1, 0.15) is 24.2 Å². The van der Waals surface area contributed by atoms with Crippen LogP contribution in [0.25, 0.3) is 0 Å². The van der Waals surface area contributed by atoms with Crippen LogP contribution < -0.4 is 10.0 Å². The molecule has 2 N–H and O–H groups in total. The molecule has 1 aromatic rings. The van der Waals surface area contributed by atoms with Gasteiger partial charge in [0, 0.05) is 25.2 Å². The Morgan fingerprint density at radius 1 is 1.18 bits per heavy atom. The van der Waals surface area contributed by atoms with Gasteiger partial charge in [-0.2, -0.15) is 0 Å². The molecule has 0 bridgehead atoms. The third-order valence-corrected chi connectivity index (χ3v) is 4.43. The van der Waals surface area contributed by atoms with Gasteiger partial charge in [-0.15, -0.1) is 0 Å². The largest absolute Gasteiger partial charge is 0.352 e. The zero-order valence-corrected chi connectivity index (χ0v) is 14.4. The summed E-state index contributed by atoms with van der Waals surface area (Å²) in [6.07, 6.45) is 0. The Bertz CT molecular complexity index is 581. The van der Waals surface area contributed by atoms with Gasteiger partial charge in [0.05, 0.1) is 4.90 Å². The Balaban J connectivity index is 2.69. The SMILES string of the molecule is CC(C)CNC(=O)c1ccc(S(=O)(=O)NCCN(C)C)cc1. The highest BCUT2D eigenvalue weighted by Crippen LogP contribution is 2.10. The molecule has 0 aliphatic carbocycles. The first kappa shape index (κ1) is 18.6. The Labute approximate surface area is 132 Å². The van der Waals surface area contributed by atoms with Gasteiger partial charge in [0.1, 0.15) is 0 Å². The highest BCUT2D eigenvalue weighted by Gasteiger charge is 2.14. The number of carbonyl (C=O) groups excluding carboxylic acids is 1. The number of amides is 1. The smallest absolute Gasteiger partial charge is 0.251 e. The molecule has 124 valence electrons. The maximum atomic E-state index is 12.1. The summed E-state index contributed by atoms with van der Waals surface area (Å²) < 4.78 is 26.7. The molecule has 0 unspecified atom stereocenters. The molecule has 0 fully saturated rings. The minimum atomic E-state index is -3.53. The van der Waals surface area contributed by atoms with Crippen LogP contribution in [0.5, 0.6) is 0 Å². The first-order valence-corrected chi connectivity index (χ1v) is 8.73. The lowest BCUT2D eigenvalue weighted by molar-refractivity contribution is 0.0949. The van der Waals surface area contributed by atoms with E-state index in [2.05, 4.69) is 10.0 Å². The molecule has 0 spiro atoms. The lowest BCUT2D eigenvalue weighted by Crippen LogP contribution is -2.31. The van der Waals surface area contributed by atoms with Gasteiger partial charge in [-0.3, -0.25) is 4.79 Å². The zero-order valence-electron chi connectivity index (χ0n) is 13.6. The van der Waals surface area contributed by atoms with E-state index in [9.17, 15) is 13.2 Å². The van der Waals surface area contributed by atoms with Crippen LogP contribution in [0.2, 0.25) is 0 Å². The predicted molar refractivity (Wildman–Crippen MR) is 87.4 cm³/mol. The second-order valence-corrected chi connectivity index (χ2v) is 7.60. The summed E-state index contributed by atoms with van der Waals surface area (Å²) in [5.74, 6) is 0.169. The third kappa shape index (κ3) is 6.13. The van der Waals surface area contributed by atoms with E-state index in [-0.39, 0.29) is 10.8 Å². The van der Waals surface area contributed by atoms with Crippen molar-refractivity contribution in [3.63, 3.8) is 0 Å². The van der Waals surface area contributed by atoms with Crippen LogP contribution in [-0.2, 0) is 10.0 Å². The third-order valence-electron chi connectivity index (χ3n) is 2.95. The summed E-state index contributed by atoms with van der Waals surface area (Å²) >= 11 is 0. The number of hydrogen-bond donors (Lipinski definition) is 2. The molecular formula is C15H25N3O3S. The first-order chi connectivity index (χ1) is 10.2. The van der Waals surface area contributed by atoms with Crippen LogP contribution in [0.4, 0.5) is 0 Å². The molecule has 0 saturated carbocycles. The summed E-state index contributed by atoms with van der Waals surface area (Å²) in [7, 11) is 0.215. The fraction of sp³-hybridized carbons (Fsp3) is 0.533. The molecule has 0 heterocycles. The molecule has 6 nitrogen and oxygen atoms in total. The average Bonchev–Trinajstić information content (AvgIpc) is 2.44. The van der Waals surface area contributed by atoms with E-state index in [0.717, 1.165) is 0 Å². The number of sulfonamides is 1. The maximum Gasteiger partial charge on any atom is 0.251 e. The van der Waals surface area contributed by atoms with Crippen molar-refractivity contribution in [2.45, 2.75) is 18.7 Å². The summed E-state index contributed by atoms with van der Waals surface area (Å²) in [5.41, 5.74) is 0.452. The van der Waals surface area contributed by atoms with Crippen LogP contribution in [0, 0.1) is 5.92 Å². The van der Waals surface area contributed by atoms with Gasteiger partial charge in [0.25, 0.3) is 5.91 Å². The highest BCUT2D eigenvalue weighted by atomic mass is 32.2. The number of rotatable bonds is 8. The fourth-order valence-corrected chi connectivity index (χ4v) is 2.69. The van der Waals surface area contributed by atoms with Gasteiger partial charge < -0.3 is 10.2 Å². The van der Waals surface area contributed by atoms with E-state index in [1.807, 2.05) is 32.8 Å². The van der Waals surface area contributed by atoms with Crippen molar-refractivity contribution >= 4 is 15.9 Å². The van der Waals surface area contributed by atoms with E-state index in [1.165, 1.54) is 24.3 Å². The normalized spacial score (nSPS) is 11.9. The quantitative estimate of drug-likeness (QED) is 0.744. The van der Waals surface area contributed by atoms with Gasteiger partial charge in [-0.1, -0.05) is 13.8 Å². The maximum absolute atomic E-state index is 12.1. The molecule has 0 radical (unpaired) electrons. The molecule has 1 aromatic carbocycles. The summed E-state index contributed by atoms with van der Waals surface area (Å²) in [6.45, 7) is 5.57. The van der Waals surface area contributed by atoms with Crippen molar-refractivity contribution < 1.29 is 13.2 Å². The molecule has 0 aromatic heterocycles. The van der Waals surface area contributed by atoms with Crippen molar-refractivity contribution in [3.8, 4) is 0 Å². The number of hydrogen-bond acceptors (Lipinski definition) is 4. The minimum absolute atomic E-state index is 0.159. The molecule has 0 atom stereocenters. The van der Waals surface area contributed by atoms with Gasteiger partial charge in [0.2, 0.25) is 10.0 Å². The van der Waals surface area contributed by atoms with E-state index < -0.39 is 10.0 Å². The Morgan fingerprint density at radius 3 is 2.27 bits per heavy atom. The topological polar surface area (TPSA) is 78.5 Å². The number of carbonyl (C=O) groups is 1. The van der Waals surface area contributed by atoms with E-state index >= 15 is 0 Å². The molecule has 0 saturated heterocycles. The number of benzene rings is 1. The van der Waals surface area contributed by atoms with E-state index in [4.69, 9.17) is 0 Å². The molecule has 1 rings (SSSR count). The molecule has 0 aliphatic rings. The van der Waals surface area contributed by atoms with Crippen molar-refractivity contribution in [2.24, 2.45) is 5.92 Å². The molecule has 7 heteroatoms. The first-order valence-electron chi connectivity index (χ1n) is 7.25. The van der Waals surface area contributed by atoms with Crippen molar-refractivity contribution in [3.05, 3.63) is 29.8 Å². The van der Waals surface area contributed by atoms with Crippen LogP contribution in [0.15, 0.2) is 29.2 Å². The van der Waals surface area contributed by atoms with Gasteiger partial charge in [0.15, 0.2) is 0 Å². The second-order valence-electron chi connectivity index (χ2n) is 5.83. The average molecular weight is 327 g/mol. The van der Waals surface area contributed by atoms with Crippen LogP contribution in [-0.4, -0.2) is 53.0 Å². The summed E-state index contributed by atoms with van der Waals surface area (Å²) in [5, 5.41) is 2.79. The van der Waals surface area contributed by atoms with Gasteiger partial charge >= 0.3 is 0 Å². The molecule has 1 amide bonds. The van der Waals surface area contributed by atoms with E-state index in [0.29, 0.717) is 31.1 Å². The van der Waals surface area contributed by atoms with Gasteiger partial charge in [-0.25, -0.2) is 13.1 Å².